The van der Waals surface area contributed by atoms with E-state index in [2.05, 4.69) is 64.0 Å². The summed E-state index contributed by atoms with van der Waals surface area (Å²) in [5.74, 6) is 1.62. The van der Waals surface area contributed by atoms with Gasteiger partial charge in [-0.25, -0.2) is 4.98 Å². The highest BCUT2D eigenvalue weighted by atomic mass is 16.3. The largest absolute Gasteiger partial charge is 0.393 e. The number of nitrogens with one attached hydrogen (secondary N) is 1. The summed E-state index contributed by atoms with van der Waals surface area (Å²) in [4.78, 5) is 14.9. The molecule has 2 saturated carbocycles. The van der Waals surface area contributed by atoms with Crippen LogP contribution in [0.25, 0.3) is 22.2 Å². The van der Waals surface area contributed by atoms with Crippen LogP contribution in [-0.4, -0.2) is 74.3 Å². The Labute approximate surface area is 227 Å². The molecule has 3 heterocycles. The van der Waals surface area contributed by atoms with E-state index in [1.807, 2.05) is 6.20 Å². The van der Waals surface area contributed by atoms with Crippen molar-refractivity contribution in [3.63, 3.8) is 0 Å². The van der Waals surface area contributed by atoms with E-state index in [0.29, 0.717) is 12.1 Å². The van der Waals surface area contributed by atoms with Crippen molar-refractivity contribution in [1.29, 1.82) is 0 Å². The van der Waals surface area contributed by atoms with Gasteiger partial charge in [-0.15, -0.1) is 0 Å². The van der Waals surface area contributed by atoms with Crippen LogP contribution < -0.4 is 5.32 Å². The molecule has 0 amide bonds. The molecule has 6 rings (SSSR count). The van der Waals surface area contributed by atoms with Gasteiger partial charge in [-0.2, -0.15) is 4.98 Å². The molecule has 0 radical (unpaired) electrons. The van der Waals surface area contributed by atoms with Gasteiger partial charge in [0.15, 0.2) is 0 Å². The van der Waals surface area contributed by atoms with E-state index in [4.69, 9.17) is 9.97 Å². The number of nitrogens with zero attached hydrogens (tertiary/aromatic N) is 5. The standard InChI is InChI=1S/C31H44N6O/c1-22(2)36-17-15-35(16-18-36)20-24-5-7-25(8-6-24)29-21-37(26-9-11-27(38)12-10-26)30-28(29)19-33-31(34-30)32-14-13-23-3-4-23/h5-8,19,21-23,26-27,38H,3-4,9-18,20H2,1-2H3,(H,32,33,34). The molecule has 2 aromatic heterocycles. The van der Waals surface area contributed by atoms with Crippen molar-refractivity contribution < 1.29 is 5.11 Å². The van der Waals surface area contributed by atoms with E-state index < -0.39 is 0 Å². The zero-order chi connectivity index (χ0) is 26.1. The maximum absolute atomic E-state index is 10.1. The molecule has 204 valence electrons. The molecule has 0 atom stereocenters. The first-order chi connectivity index (χ1) is 18.5. The molecule has 7 nitrogen and oxygen atoms in total. The molecule has 38 heavy (non-hydrogen) atoms. The second-order valence-electron chi connectivity index (χ2n) is 12.1. The van der Waals surface area contributed by atoms with Crippen LogP contribution in [-0.2, 0) is 6.54 Å². The first-order valence-corrected chi connectivity index (χ1v) is 14.9. The van der Waals surface area contributed by atoms with Crippen molar-refractivity contribution >= 4 is 17.0 Å². The number of anilines is 1. The monoisotopic (exact) mass is 516 g/mol. The lowest BCUT2D eigenvalue weighted by Gasteiger charge is -2.36. The predicted molar refractivity (Wildman–Crippen MR) is 154 cm³/mol. The fourth-order valence-corrected chi connectivity index (χ4v) is 6.24. The van der Waals surface area contributed by atoms with E-state index in [-0.39, 0.29) is 6.10 Å². The smallest absolute Gasteiger partial charge is 0.224 e. The van der Waals surface area contributed by atoms with Crippen LogP contribution >= 0.6 is 0 Å². The Hall–Kier alpha value is -2.48. The number of aliphatic hydroxyl groups excluding tert-OH is 1. The molecular weight excluding hydrogens is 472 g/mol. The summed E-state index contributed by atoms with van der Waals surface area (Å²) in [5.41, 5.74) is 4.80. The average molecular weight is 517 g/mol. The lowest BCUT2D eigenvalue weighted by atomic mass is 9.93. The fraction of sp³-hybridized carbons (Fsp3) is 0.613. The fourth-order valence-electron chi connectivity index (χ4n) is 6.24. The maximum Gasteiger partial charge on any atom is 0.224 e. The minimum atomic E-state index is -0.164. The topological polar surface area (TPSA) is 69.5 Å². The Morgan fingerprint density at radius 1 is 0.974 bits per heavy atom. The quantitative estimate of drug-likeness (QED) is 0.402. The van der Waals surface area contributed by atoms with Crippen molar-refractivity contribution in [3.05, 3.63) is 42.2 Å². The molecule has 1 aromatic carbocycles. The van der Waals surface area contributed by atoms with Crippen LogP contribution in [0.4, 0.5) is 5.95 Å². The number of aromatic nitrogens is 3. The number of rotatable bonds is 9. The van der Waals surface area contributed by atoms with Crippen LogP contribution in [0.2, 0.25) is 0 Å². The Morgan fingerprint density at radius 3 is 2.39 bits per heavy atom. The third-order valence-electron chi connectivity index (χ3n) is 8.97. The van der Waals surface area contributed by atoms with E-state index in [0.717, 1.165) is 87.9 Å². The van der Waals surface area contributed by atoms with E-state index in [1.165, 1.54) is 36.0 Å². The summed E-state index contributed by atoms with van der Waals surface area (Å²) in [6.45, 7) is 11.1. The number of fused-ring (bicyclic) bond motifs is 1. The summed E-state index contributed by atoms with van der Waals surface area (Å²) < 4.78 is 2.37. The summed E-state index contributed by atoms with van der Waals surface area (Å²) >= 11 is 0. The SMILES string of the molecule is CC(C)N1CCN(Cc2ccc(-c3cn(C4CCC(O)CC4)c4nc(NCCC5CC5)ncc34)cc2)CC1. The van der Waals surface area contributed by atoms with Gasteiger partial charge in [0.05, 0.1) is 6.10 Å². The average Bonchev–Trinajstić information content (AvgIpc) is 3.68. The first-order valence-electron chi connectivity index (χ1n) is 14.9. The van der Waals surface area contributed by atoms with Crippen LogP contribution in [0, 0.1) is 5.92 Å². The van der Waals surface area contributed by atoms with Crippen LogP contribution in [0.1, 0.15) is 70.4 Å². The Balaban J connectivity index is 1.21. The lowest BCUT2D eigenvalue weighted by molar-refractivity contribution is 0.104. The highest BCUT2D eigenvalue weighted by molar-refractivity contribution is 5.94. The van der Waals surface area contributed by atoms with Gasteiger partial charge in [0.1, 0.15) is 5.65 Å². The van der Waals surface area contributed by atoms with Crippen LogP contribution in [0.3, 0.4) is 0 Å². The molecule has 3 fully saturated rings. The summed E-state index contributed by atoms with van der Waals surface area (Å²) in [7, 11) is 0. The van der Waals surface area contributed by atoms with Gasteiger partial charge in [-0.1, -0.05) is 37.1 Å². The third kappa shape index (κ3) is 5.90. The molecule has 2 aliphatic carbocycles. The molecule has 1 aliphatic heterocycles. The first kappa shape index (κ1) is 25.8. The highest BCUT2D eigenvalue weighted by Gasteiger charge is 2.25. The molecule has 3 aliphatic rings. The summed E-state index contributed by atoms with van der Waals surface area (Å²) in [6.07, 6.45) is 11.8. The lowest BCUT2D eigenvalue weighted by Crippen LogP contribution is -2.48. The molecule has 7 heteroatoms. The normalized spacial score (nSPS) is 23.4. The van der Waals surface area contributed by atoms with E-state index in [1.54, 1.807) is 0 Å². The van der Waals surface area contributed by atoms with Gasteiger partial charge in [0.2, 0.25) is 5.95 Å². The van der Waals surface area contributed by atoms with Gasteiger partial charge in [-0.3, -0.25) is 9.80 Å². The zero-order valence-corrected chi connectivity index (χ0v) is 23.1. The number of benzene rings is 1. The molecule has 0 bridgehead atoms. The second kappa shape index (κ2) is 11.3. The molecular formula is C31H44N6O. The summed E-state index contributed by atoms with van der Waals surface area (Å²) in [5, 5.41) is 14.7. The second-order valence-corrected chi connectivity index (χ2v) is 12.1. The molecule has 3 aromatic rings. The Bertz CT molecular complexity index is 1200. The van der Waals surface area contributed by atoms with Gasteiger partial charge < -0.3 is 15.0 Å². The molecule has 0 spiro atoms. The Kier molecular flexibility index (Phi) is 7.68. The van der Waals surface area contributed by atoms with Crippen molar-refractivity contribution in [1.82, 2.24) is 24.3 Å². The number of hydrogen-bond donors (Lipinski definition) is 2. The van der Waals surface area contributed by atoms with Crippen LogP contribution in [0.5, 0.6) is 0 Å². The van der Waals surface area contributed by atoms with Crippen molar-refractivity contribution in [3.8, 4) is 11.1 Å². The third-order valence-corrected chi connectivity index (χ3v) is 8.97. The number of hydrogen-bond acceptors (Lipinski definition) is 6. The minimum absolute atomic E-state index is 0.164. The van der Waals surface area contributed by atoms with E-state index >= 15 is 0 Å². The molecule has 1 saturated heterocycles. The molecule has 2 N–H and O–H groups in total. The van der Waals surface area contributed by atoms with Gasteiger partial charge in [0.25, 0.3) is 0 Å². The zero-order valence-electron chi connectivity index (χ0n) is 23.1. The van der Waals surface area contributed by atoms with Gasteiger partial charge in [0, 0.05) is 74.7 Å². The highest BCUT2D eigenvalue weighted by Crippen LogP contribution is 2.37. The maximum atomic E-state index is 10.1. The van der Waals surface area contributed by atoms with Crippen molar-refractivity contribution in [2.45, 2.75) is 83.5 Å². The Morgan fingerprint density at radius 2 is 1.71 bits per heavy atom. The van der Waals surface area contributed by atoms with Gasteiger partial charge >= 0.3 is 0 Å². The summed E-state index contributed by atoms with van der Waals surface area (Å²) in [6, 6.07) is 10.1. The predicted octanol–water partition coefficient (Wildman–Crippen LogP) is 5.31. The molecule has 0 unspecified atom stereocenters. The number of piperazine rings is 1. The van der Waals surface area contributed by atoms with Crippen molar-refractivity contribution in [2.24, 2.45) is 5.92 Å². The van der Waals surface area contributed by atoms with Crippen molar-refractivity contribution in [2.75, 3.05) is 38.0 Å². The van der Waals surface area contributed by atoms with Gasteiger partial charge in [-0.05, 0) is 63.0 Å². The van der Waals surface area contributed by atoms with Crippen LogP contribution in [0.15, 0.2) is 36.7 Å². The van der Waals surface area contributed by atoms with E-state index in [9.17, 15) is 5.11 Å². The number of aliphatic hydroxyl groups is 1. The minimum Gasteiger partial charge on any atom is -0.393 e.